The first-order valence-corrected chi connectivity index (χ1v) is 18.8. The number of nitrogens with two attached hydrogens (primary N) is 2. The maximum Gasteiger partial charge on any atom is 0.526 e. The van der Waals surface area contributed by atoms with E-state index in [2.05, 4.69) is 10.6 Å². The van der Waals surface area contributed by atoms with E-state index >= 15 is 0 Å². The van der Waals surface area contributed by atoms with Gasteiger partial charge in [-0.3, -0.25) is 28.9 Å². The van der Waals surface area contributed by atoms with Crippen LogP contribution in [0.25, 0.3) is 0 Å². The average molecular weight is 845 g/mol. The fourth-order valence-corrected chi connectivity index (χ4v) is 6.32. The predicted molar refractivity (Wildman–Crippen MR) is 214 cm³/mol. The highest BCUT2D eigenvalue weighted by Crippen LogP contribution is 2.37. The second kappa shape index (κ2) is 19.6. The molecule has 0 aromatic heterocycles. The molecule has 2 unspecified atom stereocenters. The first-order valence-electron chi connectivity index (χ1n) is 18.8. The molecule has 2 aliphatic rings. The molecule has 322 valence electrons. The van der Waals surface area contributed by atoms with Crippen LogP contribution in [0.15, 0.2) is 66.7 Å². The Hall–Kier alpha value is -7.29. The second-order valence-corrected chi connectivity index (χ2v) is 14.9. The van der Waals surface area contributed by atoms with Crippen molar-refractivity contribution in [1.82, 2.24) is 20.4 Å². The molecule has 3 aromatic carbocycles. The molecule has 0 bridgehead atoms. The van der Waals surface area contributed by atoms with Crippen LogP contribution in [0, 0.1) is 0 Å². The van der Waals surface area contributed by atoms with E-state index in [1.165, 1.54) is 65.6 Å². The number of amides is 7. The van der Waals surface area contributed by atoms with Gasteiger partial charge in [0.1, 0.15) is 17.4 Å². The van der Waals surface area contributed by atoms with Crippen molar-refractivity contribution in [2.24, 2.45) is 11.5 Å². The van der Waals surface area contributed by atoms with Crippen molar-refractivity contribution in [2.45, 2.75) is 64.0 Å². The number of aromatic carboxylic acids is 1. The van der Waals surface area contributed by atoms with Gasteiger partial charge in [0.05, 0.1) is 5.56 Å². The lowest BCUT2D eigenvalue weighted by Gasteiger charge is -2.33. The molecule has 9 N–H and O–H groups in total. The number of nitrogens with one attached hydrogen (secondary N) is 2. The van der Waals surface area contributed by atoms with Gasteiger partial charge in [0.15, 0.2) is 11.8 Å². The molecule has 20 nitrogen and oxygen atoms in total. The number of nitrogens with zero attached hydrogens (tertiary/aromatic N) is 2. The minimum Gasteiger partial charge on any atom is -0.535 e. The zero-order valence-corrected chi connectivity index (χ0v) is 33.6. The van der Waals surface area contributed by atoms with Gasteiger partial charge in [-0.25, -0.2) is 19.2 Å². The first-order chi connectivity index (χ1) is 28.6. The molecule has 7 amide bonds. The minimum atomic E-state index is -1.51. The van der Waals surface area contributed by atoms with Gasteiger partial charge in [0.2, 0.25) is 11.8 Å². The highest BCUT2D eigenvalue weighted by molar-refractivity contribution is 6.47. The number of para-hydroxylation sites is 1. The van der Waals surface area contributed by atoms with Gasteiger partial charge < -0.3 is 51.6 Å². The molecular formula is C40H45BN6O14. The fourth-order valence-electron chi connectivity index (χ4n) is 6.32. The highest BCUT2D eigenvalue weighted by Gasteiger charge is 2.41. The number of carbonyl (C=O) groups is 9. The van der Waals surface area contributed by atoms with E-state index in [4.69, 9.17) is 20.9 Å². The number of Topliss-reactive ketones (excluding diaryl/α,β-unsaturated/α-hetero) is 1. The number of benzene rings is 3. The van der Waals surface area contributed by atoms with Crippen molar-refractivity contribution < 1.29 is 67.8 Å². The van der Waals surface area contributed by atoms with Crippen molar-refractivity contribution in [3.63, 3.8) is 0 Å². The molecule has 3 aromatic rings. The number of hydrogen-bond donors (Lipinski definition) is 7. The van der Waals surface area contributed by atoms with E-state index in [0.29, 0.717) is 17.7 Å². The normalized spacial score (nSPS) is 15.8. The fraction of sp³-hybridized carbons (Fsp3) is 0.325. The number of carbonyl (C=O) groups excluding carboxylic acids is 7. The summed E-state index contributed by atoms with van der Waals surface area (Å²) in [6, 6.07) is 12.2. The Morgan fingerprint density at radius 3 is 1.89 bits per heavy atom. The lowest BCUT2D eigenvalue weighted by molar-refractivity contribution is -0.153. The molecule has 1 fully saturated rings. The number of fused-ring (bicyclic) bond motifs is 1. The first kappa shape index (κ1) is 46.4. The maximum atomic E-state index is 13.6. The van der Waals surface area contributed by atoms with Crippen LogP contribution in [0.1, 0.15) is 94.0 Å². The molecule has 2 aliphatic heterocycles. The Kier molecular flexibility index (Phi) is 14.9. The zero-order chi connectivity index (χ0) is 45.3. The van der Waals surface area contributed by atoms with Gasteiger partial charge in [-0.05, 0) is 81.1 Å². The number of likely N-dealkylation sites (N-methyl/N-ethyl adjacent to an activating group) is 1. The Balaban J connectivity index is 0.000000329. The summed E-state index contributed by atoms with van der Waals surface area (Å²) in [4.78, 5) is 110. The SMILES string of the molecule is CC(C)(C)OC(=O)NC(C(=O)O)c1ccc(C(N)=O)cc1.CCN1CCN(C(=O)NC(C(=O)C[C@H]2Cc3cccc(C(=O)O)c3OB2O)c2ccc(C(N)=O)cc2)C(=O)C1=O. The third kappa shape index (κ3) is 11.9. The van der Waals surface area contributed by atoms with Crippen molar-refractivity contribution in [3.05, 3.63) is 100 Å². The van der Waals surface area contributed by atoms with E-state index < -0.39 is 84.1 Å². The molecule has 61 heavy (non-hydrogen) atoms. The van der Waals surface area contributed by atoms with E-state index in [-0.39, 0.29) is 53.9 Å². The summed E-state index contributed by atoms with van der Waals surface area (Å²) < 4.78 is 10.5. The predicted octanol–water partition coefficient (Wildman–Crippen LogP) is 1.81. The quantitative estimate of drug-likeness (QED) is 0.101. The number of imide groups is 1. The molecule has 0 spiro atoms. The molecule has 0 radical (unpaired) electrons. The summed E-state index contributed by atoms with van der Waals surface area (Å²) in [5.74, 6) is -6.97. The van der Waals surface area contributed by atoms with Gasteiger partial charge in [-0.1, -0.05) is 36.4 Å². The van der Waals surface area contributed by atoms with Crippen molar-refractivity contribution >= 4 is 60.6 Å². The molecular weight excluding hydrogens is 799 g/mol. The van der Waals surface area contributed by atoms with E-state index in [1.807, 2.05) is 0 Å². The van der Waals surface area contributed by atoms with Crippen molar-refractivity contribution in [3.8, 4) is 5.75 Å². The number of rotatable bonds is 12. The summed E-state index contributed by atoms with van der Waals surface area (Å²) in [7, 11) is -1.51. The molecule has 21 heteroatoms. The highest BCUT2D eigenvalue weighted by atomic mass is 16.6. The smallest absolute Gasteiger partial charge is 0.526 e. The van der Waals surface area contributed by atoms with Crippen molar-refractivity contribution in [1.29, 1.82) is 0 Å². The molecule has 5 rings (SSSR count). The number of ketones is 1. The second-order valence-electron chi connectivity index (χ2n) is 14.9. The summed E-state index contributed by atoms with van der Waals surface area (Å²) in [5.41, 5.74) is 11.0. The summed E-state index contributed by atoms with van der Waals surface area (Å²) >= 11 is 0. The van der Waals surface area contributed by atoms with Gasteiger partial charge in [0, 0.05) is 43.0 Å². The number of aliphatic carboxylic acids is 1. The standard InChI is InChI=1S/C26H27BN4O9.C14H18N2O5/c1-2-30-10-11-31(24(35)23(30)34)26(38)29-20(14-6-8-15(9-7-14)22(28)33)19(32)13-17-12-16-4-3-5-18(25(36)37)21(16)40-27(17)39;1-14(2,3)21-13(20)16-10(12(18)19)8-4-6-9(7-5-8)11(15)17/h3-9,17,20,39H,2,10-13H2,1H3,(H2,28,33)(H,29,38)(H,36,37);4-7,10H,1-3H3,(H2,15,17)(H,16,20)(H,18,19)/t17-,20?;/m1./s1. The minimum absolute atomic E-state index is 0.0208. The number of carboxylic acids is 2. The van der Waals surface area contributed by atoms with Gasteiger partial charge >= 0.3 is 43.0 Å². The summed E-state index contributed by atoms with van der Waals surface area (Å²) in [6.45, 7) is 7.09. The van der Waals surface area contributed by atoms with Crippen LogP contribution in [-0.2, 0) is 30.3 Å². The van der Waals surface area contributed by atoms with Crippen LogP contribution in [0.4, 0.5) is 9.59 Å². The molecule has 3 atom stereocenters. The third-order valence-electron chi connectivity index (χ3n) is 9.40. The van der Waals surface area contributed by atoms with Gasteiger partial charge in [-0.2, -0.15) is 0 Å². The van der Waals surface area contributed by atoms with Gasteiger partial charge in [-0.15, -0.1) is 0 Å². The van der Waals surface area contributed by atoms with E-state index in [9.17, 15) is 58.4 Å². The van der Waals surface area contributed by atoms with E-state index in [1.54, 1.807) is 33.8 Å². The molecule has 0 aliphatic carbocycles. The van der Waals surface area contributed by atoms with Gasteiger partial charge in [0.25, 0.3) is 0 Å². The lowest BCUT2D eigenvalue weighted by Crippen LogP contribution is -2.58. The lowest BCUT2D eigenvalue weighted by atomic mass is 9.64. The molecule has 1 saturated heterocycles. The summed E-state index contributed by atoms with van der Waals surface area (Å²) in [6.07, 6.45) is -1.01. The number of hydrogen-bond acceptors (Lipinski definition) is 12. The number of carboxylic acid groups (broad SMARTS) is 2. The van der Waals surface area contributed by atoms with Crippen LogP contribution < -0.4 is 26.8 Å². The van der Waals surface area contributed by atoms with Crippen molar-refractivity contribution in [2.75, 3.05) is 19.6 Å². The number of ether oxygens (including phenoxy) is 1. The van der Waals surface area contributed by atoms with Crippen LogP contribution >= 0.6 is 0 Å². The van der Waals surface area contributed by atoms with Crippen LogP contribution in [0.2, 0.25) is 5.82 Å². The van der Waals surface area contributed by atoms with Crippen LogP contribution in [0.3, 0.4) is 0 Å². The monoisotopic (exact) mass is 844 g/mol. The van der Waals surface area contributed by atoms with Crippen LogP contribution in [0.5, 0.6) is 5.75 Å². The number of primary amides is 2. The Morgan fingerprint density at radius 2 is 1.39 bits per heavy atom. The number of piperazine rings is 1. The Labute approximate surface area is 349 Å². The number of alkyl carbamates (subject to hydrolysis) is 1. The Bertz CT molecular complexity index is 2210. The van der Waals surface area contributed by atoms with E-state index in [0.717, 1.165) is 4.90 Å². The summed E-state index contributed by atoms with van der Waals surface area (Å²) in [5, 5.41) is 34.0. The largest absolute Gasteiger partial charge is 0.535 e. The van der Waals surface area contributed by atoms with Crippen LogP contribution in [-0.4, -0.2) is 111 Å². The number of urea groups is 1. The zero-order valence-electron chi connectivity index (χ0n) is 33.6. The molecule has 2 heterocycles. The maximum absolute atomic E-state index is 13.6. The third-order valence-corrected chi connectivity index (χ3v) is 9.40. The Morgan fingerprint density at radius 1 is 0.836 bits per heavy atom. The topological polar surface area (TPSA) is 315 Å². The molecule has 0 saturated carbocycles. The average Bonchev–Trinajstić information content (AvgIpc) is 3.19.